The van der Waals surface area contributed by atoms with E-state index in [1.54, 1.807) is 0 Å². The summed E-state index contributed by atoms with van der Waals surface area (Å²) in [5.74, 6) is -0.947. The van der Waals surface area contributed by atoms with Crippen molar-refractivity contribution in [2.45, 2.75) is 26.3 Å². The van der Waals surface area contributed by atoms with E-state index in [1.165, 1.54) is 0 Å². The van der Waals surface area contributed by atoms with Gasteiger partial charge >= 0.3 is 5.97 Å². The minimum atomic E-state index is -0.947. The predicted octanol–water partition coefficient (Wildman–Crippen LogP) is 0.755. The summed E-state index contributed by atoms with van der Waals surface area (Å²) in [6.07, 6.45) is 2.23. The van der Waals surface area contributed by atoms with Gasteiger partial charge in [0.2, 0.25) is 0 Å². The number of carbonyl (C=O) groups is 1. The fraction of sp³-hybridized carbons (Fsp3) is 0.571. The van der Waals surface area contributed by atoms with Gasteiger partial charge in [0, 0.05) is 0 Å². The zero-order chi connectivity index (χ0) is 8.15. The zero-order valence-corrected chi connectivity index (χ0v) is 6.29. The highest BCUT2D eigenvalue weighted by molar-refractivity contribution is 5.73. The van der Waals surface area contributed by atoms with Crippen LogP contribution in [0.3, 0.4) is 0 Å². The summed E-state index contributed by atoms with van der Waals surface area (Å²) in [5, 5.41) is 8.34. The average Bonchev–Trinajstić information content (AvgIpc) is 1.82. The number of hydrogen-bond donors (Lipinski definition) is 2. The van der Waals surface area contributed by atoms with E-state index >= 15 is 0 Å². The second kappa shape index (κ2) is 4.06. The molecule has 10 heavy (non-hydrogen) atoms. The first-order valence-electron chi connectivity index (χ1n) is 3.15. The number of aliphatic carboxylic acids is 1. The molecule has 0 amide bonds. The number of carboxylic acids is 1. The first-order chi connectivity index (χ1) is 4.54. The third-order valence-electron chi connectivity index (χ3n) is 1.10. The van der Waals surface area contributed by atoms with E-state index in [-0.39, 0.29) is 0 Å². The van der Waals surface area contributed by atoms with Crippen molar-refractivity contribution in [3.05, 3.63) is 11.6 Å². The van der Waals surface area contributed by atoms with Gasteiger partial charge < -0.3 is 10.8 Å². The molecule has 3 heteroatoms. The Morgan fingerprint density at radius 3 is 2.50 bits per heavy atom. The highest BCUT2D eigenvalue weighted by atomic mass is 16.4. The van der Waals surface area contributed by atoms with Gasteiger partial charge in [-0.25, -0.2) is 0 Å². The molecule has 0 aromatic carbocycles. The molecular weight excluding hydrogens is 130 g/mol. The van der Waals surface area contributed by atoms with Crippen LogP contribution in [0.15, 0.2) is 11.6 Å². The van der Waals surface area contributed by atoms with Crippen LogP contribution < -0.4 is 5.73 Å². The minimum Gasteiger partial charge on any atom is -0.480 e. The molecule has 0 aliphatic heterocycles. The van der Waals surface area contributed by atoms with Crippen LogP contribution in [-0.4, -0.2) is 17.1 Å². The molecule has 3 nitrogen and oxygen atoms in total. The van der Waals surface area contributed by atoms with Gasteiger partial charge in [0.15, 0.2) is 0 Å². The molecule has 0 spiro atoms. The van der Waals surface area contributed by atoms with Crippen molar-refractivity contribution in [3.8, 4) is 0 Å². The molecular formula is C7H13NO2. The monoisotopic (exact) mass is 143 g/mol. The minimum absolute atomic E-state index is 0.414. The van der Waals surface area contributed by atoms with Crippen LogP contribution in [0.25, 0.3) is 0 Å². The molecule has 0 radical (unpaired) electrons. The van der Waals surface area contributed by atoms with Crippen LogP contribution in [-0.2, 0) is 4.79 Å². The standard InChI is InChI=1S/C7H13NO2/c1-5(2)3-4-6(8)7(9)10/h3,6H,4,8H2,1-2H3,(H,9,10). The van der Waals surface area contributed by atoms with E-state index in [4.69, 9.17) is 10.8 Å². The Labute approximate surface area is 60.5 Å². The Bertz CT molecular complexity index is 148. The number of allylic oxidation sites excluding steroid dienone is 1. The lowest BCUT2D eigenvalue weighted by atomic mass is 10.2. The summed E-state index contributed by atoms with van der Waals surface area (Å²) in [5.41, 5.74) is 6.31. The number of hydrogen-bond acceptors (Lipinski definition) is 2. The van der Waals surface area contributed by atoms with E-state index in [1.807, 2.05) is 19.9 Å². The van der Waals surface area contributed by atoms with E-state index in [0.717, 1.165) is 5.57 Å². The molecule has 0 bridgehead atoms. The lowest BCUT2D eigenvalue weighted by Gasteiger charge is -2.00. The van der Waals surface area contributed by atoms with Crippen molar-refractivity contribution in [2.24, 2.45) is 5.73 Å². The summed E-state index contributed by atoms with van der Waals surface area (Å²) >= 11 is 0. The second-order valence-corrected chi connectivity index (χ2v) is 2.46. The maximum atomic E-state index is 10.2. The topological polar surface area (TPSA) is 63.3 Å². The van der Waals surface area contributed by atoms with Crippen molar-refractivity contribution in [1.82, 2.24) is 0 Å². The average molecular weight is 143 g/mol. The molecule has 58 valence electrons. The van der Waals surface area contributed by atoms with Gasteiger partial charge in [-0.2, -0.15) is 0 Å². The van der Waals surface area contributed by atoms with Crippen LogP contribution in [0.4, 0.5) is 0 Å². The van der Waals surface area contributed by atoms with E-state index in [0.29, 0.717) is 6.42 Å². The second-order valence-electron chi connectivity index (χ2n) is 2.46. The quantitative estimate of drug-likeness (QED) is 0.573. The lowest BCUT2D eigenvalue weighted by Crippen LogP contribution is -2.29. The first kappa shape index (κ1) is 9.17. The molecule has 0 aliphatic carbocycles. The van der Waals surface area contributed by atoms with Crippen LogP contribution >= 0.6 is 0 Å². The summed E-state index contributed by atoms with van der Waals surface area (Å²) in [6, 6.07) is -0.755. The Balaban J connectivity index is 3.70. The normalized spacial score (nSPS) is 12.3. The number of carboxylic acid groups (broad SMARTS) is 1. The molecule has 3 N–H and O–H groups in total. The Hall–Kier alpha value is -0.830. The molecule has 0 saturated heterocycles. The summed E-state index contributed by atoms with van der Waals surface area (Å²) in [7, 11) is 0. The molecule has 0 heterocycles. The third-order valence-corrected chi connectivity index (χ3v) is 1.10. The molecule has 0 saturated carbocycles. The Morgan fingerprint density at radius 2 is 2.20 bits per heavy atom. The van der Waals surface area contributed by atoms with Gasteiger partial charge in [0.25, 0.3) is 0 Å². The largest absolute Gasteiger partial charge is 0.480 e. The Kier molecular flexibility index (Phi) is 3.72. The van der Waals surface area contributed by atoms with E-state index < -0.39 is 12.0 Å². The van der Waals surface area contributed by atoms with Gasteiger partial charge in [0.05, 0.1) is 0 Å². The van der Waals surface area contributed by atoms with Crippen LogP contribution in [0, 0.1) is 0 Å². The molecule has 0 fully saturated rings. The SMILES string of the molecule is CC(C)=CCC(N)C(=O)O. The molecule has 0 aromatic rings. The summed E-state index contributed by atoms with van der Waals surface area (Å²) < 4.78 is 0. The van der Waals surface area contributed by atoms with Crippen LogP contribution in [0.2, 0.25) is 0 Å². The fourth-order valence-electron chi connectivity index (χ4n) is 0.463. The van der Waals surface area contributed by atoms with E-state index in [9.17, 15) is 4.79 Å². The van der Waals surface area contributed by atoms with Gasteiger partial charge in [-0.3, -0.25) is 4.79 Å². The van der Waals surface area contributed by atoms with Crippen molar-refractivity contribution in [2.75, 3.05) is 0 Å². The highest BCUT2D eigenvalue weighted by Crippen LogP contribution is 1.95. The molecule has 0 aromatic heterocycles. The first-order valence-corrected chi connectivity index (χ1v) is 3.15. The van der Waals surface area contributed by atoms with Crippen LogP contribution in [0.1, 0.15) is 20.3 Å². The fourth-order valence-corrected chi connectivity index (χ4v) is 0.463. The third kappa shape index (κ3) is 4.09. The van der Waals surface area contributed by atoms with Gasteiger partial charge in [-0.05, 0) is 20.3 Å². The van der Waals surface area contributed by atoms with Gasteiger partial charge in [0.1, 0.15) is 6.04 Å². The summed E-state index contributed by atoms with van der Waals surface area (Å²) in [6.45, 7) is 3.82. The van der Waals surface area contributed by atoms with Crippen molar-refractivity contribution in [3.63, 3.8) is 0 Å². The molecule has 0 aliphatic rings. The maximum Gasteiger partial charge on any atom is 0.320 e. The van der Waals surface area contributed by atoms with Crippen molar-refractivity contribution >= 4 is 5.97 Å². The smallest absolute Gasteiger partial charge is 0.320 e. The van der Waals surface area contributed by atoms with E-state index in [2.05, 4.69) is 0 Å². The lowest BCUT2D eigenvalue weighted by molar-refractivity contribution is -0.138. The maximum absolute atomic E-state index is 10.2. The van der Waals surface area contributed by atoms with Crippen molar-refractivity contribution in [1.29, 1.82) is 0 Å². The van der Waals surface area contributed by atoms with Crippen LogP contribution in [0.5, 0.6) is 0 Å². The molecule has 1 atom stereocenters. The number of rotatable bonds is 3. The molecule has 1 unspecified atom stereocenters. The van der Waals surface area contributed by atoms with Gasteiger partial charge in [-0.1, -0.05) is 11.6 Å². The number of nitrogens with two attached hydrogens (primary N) is 1. The summed E-state index contributed by atoms with van der Waals surface area (Å²) in [4.78, 5) is 10.2. The molecule has 0 rings (SSSR count). The predicted molar refractivity (Wildman–Crippen MR) is 39.7 cm³/mol. The zero-order valence-electron chi connectivity index (χ0n) is 6.29. The Morgan fingerprint density at radius 1 is 1.70 bits per heavy atom. The highest BCUT2D eigenvalue weighted by Gasteiger charge is 2.07. The van der Waals surface area contributed by atoms with Gasteiger partial charge in [-0.15, -0.1) is 0 Å². The van der Waals surface area contributed by atoms with Crippen molar-refractivity contribution < 1.29 is 9.90 Å².